The fourth-order valence-electron chi connectivity index (χ4n) is 1.54. The molecule has 1 aliphatic rings. The van der Waals surface area contributed by atoms with Crippen LogP contribution in [0.3, 0.4) is 0 Å². The molecule has 1 aromatic carbocycles. The van der Waals surface area contributed by atoms with Gasteiger partial charge in [-0.05, 0) is 37.0 Å². The molecule has 90 valence electrons. The zero-order valence-corrected chi connectivity index (χ0v) is 9.01. The zero-order chi connectivity index (χ0) is 12.5. The molecule has 1 fully saturated rings. The van der Waals surface area contributed by atoms with Crippen LogP contribution in [0.1, 0.15) is 24.0 Å². The Morgan fingerprint density at radius 3 is 2.59 bits per heavy atom. The molecule has 0 amide bonds. The second kappa shape index (κ2) is 4.28. The van der Waals surface area contributed by atoms with Gasteiger partial charge in [-0.3, -0.25) is 0 Å². The highest BCUT2D eigenvalue weighted by Crippen LogP contribution is 2.33. The molecule has 0 saturated heterocycles. The van der Waals surface area contributed by atoms with Crippen molar-refractivity contribution in [2.45, 2.75) is 19.0 Å². The Bertz CT molecular complexity index is 456. The van der Waals surface area contributed by atoms with E-state index in [0.717, 1.165) is 31.5 Å². The largest absolute Gasteiger partial charge is 0.416 e. The Morgan fingerprint density at radius 1 is 1.35 bits per heavy atom. The summed E-state index contributed by atoms with van der Waals surface area (Å²) >= 11 is 0. The highest BCUT2D eigenvalue weighted by Gasteiger charge is 2.31. The van der Waals surface area contributed by atoms with Crippen molar-refractivity contribution in [3.05, 3.63) is 29.3 Å². The van der Waals surface area contributed by atoms with E-state index in [1.807, 2.05) is 0 Å². The number of benzene rings is 1. The zero-order valence-electron chi connectivity index (χ0n) is 9.01. The molecule has 0 aliphatic heterocycles. The lowest BCUT2D eigenvalue weighted by molar-refractivity contribution is -0.137. The Hall–Kier alpha value is -1.70. The molecule has 1 aromatic rings. The van der Waals surface area contributed by atoms with E-state index in [1.54, 1.807) is 6.07 Å². The first kappa shape index (κ1) is 11.8. The quantitative estimate of drug-likeness (QED) is 0.878. The van der Waals surface area contributed by atoms with Gasteiger partial charge in [0.25, 0.3) is 0 Å². The second-order valence-electron chi connectivity index (χ2n) is 4.19. The third kappa shape index (κ3) is 2.90. The first-order valence-corrected chi connectivity index (χ1v) is 5.36. The summed E-state index contributed by atoms with van der Waals surface area (Å²) in [5.41, 5.74) is -0.265. The van der Waals surface area contributed by atoms with Crippen molar-refractivity contribution >= 4 is 5.69 Å². The van der Waals surface area contributed by atoms with E-state index in [0.29, 0.717) is 11.6 Å². The highest BCUT2D eigenvalue weighted by atomic mass is 19.4. The number of halogens is 3. The SMILES string of the molecule is N#Cc1cc(C(F)(F)F)ccc1NCC1CC1. The lowest BCUT2D eigenvalue weighted by atomic mass is 10.1. The van der Waals surface area contributed by atoms with E-state index in [9.17, 15) is 13.2 Å². The minimum Gasteiger partial charge on any atom is -0.384 e. The van der Waals surface area contributed by atoms with Crippen LogP contribution in [0.15, 0.2) is 18.2 Å². The summed E-state index contributed by atoms with van der Waals surface area (Å²) in [4.78, 5) is 0. The molecule has 0 unspecified atom stereocenters. The van der Waals surface area contributed by atoms with Crippen LogP contribution in [0.25, 0.3) is 0 Å². The highest BCUT2D eigenvalue weighted by molar-refractivity contribution is 5.59. The van der Waals surface area contributed by atoms with E-state index in [1.165, 1.54) is 6.07 Å². The number of anilines is 1. The summed E-state index contributed by atoms with van der Waals surface area (Å²) in [5, 5.41) is 11.8. The van der Waals surface area contributed by atoms with E-state index in [4.69, 9.17) is 5.26 Å². The molecular weight excluding hydrogens is 229 g/mol. The van der Waals surface area contributed by atoms with Crippen molar-refractivity contribution in [3.63, 3.8) is 0 Å². The van der Waals surface area contributed by atoms with Gasteiger partial charge >= 0.3 is 6.18 Å². The number of nitriles is 1. The lowest BCUT2D eigenvalue weighted by Crippen LogP contribution is -2.08. The molecule has 2 nitrogen and oxygen atoms in total. The fraction of sp³-hybridized carbons (Fsp3) is 0.417. The van der Waals surface area contributed by atoms with Gasteiger partial charge < -0.3 is 5.32 Å². The number of hydrogen-bond donors (Lipinski definition) is 1. The summed E-state index contributed by atoms with van der Waals surface area (Å²) in [6.07, 6.45) is -2.11. The number of nitrogens with zero attached hydrogens (tertiary/aromatic N) is 1. The monoisotopic (exact) mass is 240 g/mol. The molecule has 2 rings (SSSR count). The van der Waals surface area contributed by atoms with Crippen molar-refractivity contribution < 1.29 is 13.2 Å². The predicted octanol–water partition coefficient (Wildman–Crippen LogP) is 3.40. The maximum Gasteiger partial charge on any atom is 0.416 e. The smallest absolute Gasteiger partial charge is 0.384 e. The summed E-state index contributed by atoms with van der Waals surface area (Å²) in [6, 6.07) is 4.99. The van der Waals surface area contributed by atoms with Crippen LogP contribution in [0.4, 0.5) is 18.9 Å². The summed E-state index contributed by atoms with van der Waals surface area (Å²) < 4.78 is 37.3. The van der Waals surface area contributed by atoms with E-state index in [-0.39, 0.29) is 5.56 Å². The molecule has 1 saturated carbocycles. The molecule has 0 radical (unpaired) electrons. The predicted molar refractivity (Wildman–Crippen MR) is 57.4 cm³/mol. The van der Waals surface area contributed by atoms with Crippen LogP contribution in [0.2, 0.25) is 0 Å². The van der Waals surface area contributed by atoms with Gasteiger partial charge in [-0.2, -0.15) is 18.4 Å². The van der Waals surface area contributed by atoms with E-state index < -0.39 is 11.7 Å². The molecule has 1 aliphatic carbocycles. The van der Waals surface area contributed by atoms with Crippen molar-refractivity contribution in [1.29, 1.82) is 5.26 Å². The van der Waals surface area contributed by atoms with Crippen LogP contribution in [0, 0.1) is 17.2 Å². The first-order chi connectivity index (χ1) is 8.00. The second-order valence-corrected chi connectivity index (χ2v) is 4.19. The van der Waals surface area contributed by atoms with Gasteiger partial charge in [0.15, 0.2) is 0 Å². The molecule has 0 heterocycles. The topological polar surface area (TPSA) is 35.8 Å². The van der Waals surface area contributed by atoms with Gasteiger partial charge in [-0.1, -0.05) is 0 Å². The van der Waals surface area contributed by atoms with Crippen LogP contribution in [0.5, 0.6) is 0 Å². The standard InChI is InChI=1S/C12H11F3N2/c13-12(14,15)10-3-4-11(9(5-10)6-16)17-7-8-1-2-8/h3-5,8,17H,1-2,7H2. The molecule has 0 spiro atoms. The normalized spacial score (nSPS) is 15.4. The van der Waals surface area contributed by atoms with Crippen LogP contribution in [-0.4, -0.2) is 6.54 Å². The van der Waals surface area contributed by atoms with Gasteiger partial charge in [0.2, 0.25) is 0 Å². The molecule has 5 heteroatoms. The minimum absolute atomic E-state index is 0.0421. The molecular formula is C12H11F3N2. The average Bonchev–Trinajstić information content (AvgIpc) is 3.08. The maximum atomic E-state index is 12.4. The van der Waals surface area contributed by atoms with Gasteiger partial charge in [-0.25, -0.2) is 0 Å². The molecule has 0 bridgehead atoms. The maximum absolute atomic E-state index is 12.4. The molecule has 17 heavy (non-hydrogen) atoms. The van der Waals surface area contributed by atoms with Crippen molar-refractivity contribution in [2.24, 2.45) is 5.92 Å². The van der Waals surface area contributed by atoms with Crippen LogP contribution >= 0.6 is 0 Å². The van der Waals surface area contributed by atoms with Crippen LogP contribution in [-0.2, 0) is 6.18 Å². The first-order valence-electron chi connectivity index (χ1n) is 5.36. The number of hydrogen-bond acceptors (Lipinski definition) is 2. The third-order valence-electron chi connectivity index (χ3n) is 2.75. The number of alkyl halides is 3. The van der Waals surface area contributed by atoms with Crippen molar-refractivity contribution in [1.82, 2.24) is 0 Å². The van der Waals surface area contributed by atoms with E-state index in [2.05, 4.69) is 5.32 Å². The summed E-state index contributed by atoms with van der Waals surface area (Å²) in [5.74, 6) is 0.601. The Labute approximate surface area is 97.1 Å². The fourth-order valence-corrected chi connectivity index (χ4v) is 1.54. The average molecular weight is 240 g/mol. The van der Waals surface area contributed by atoms with Crippen molar-refractivity contribution in [2.75, 3.05) is 11.9 Å². The number of nitrogens with one attached hydrogen (secondary N) is 1. The van der Waals surface area contributed by atoms with Gasteiger partial charge in [0.05, 0.1) is 16.8 Å². The van der Waals surface area contributed by atoms with Crippen LogP contribution < -0.4 is 5.32 Å². The molecule has 0 aromatic heterocycles. The number of rotatable bonds is 3. The lowest BCUT2D eigenvalue weighted by Gasteiger charge is -2.11. The minimum atomic E-state index is -4.40. The summed E-state index contributed by atoms with van der Waals surface area (Å²) in [7, 11) is 0. The summed E-state index contributed by atoms with van der Waals surface area (Å²) in [6.45, 7) is 0.722. The van der Waals surface area contributed by atoms with Crippen molar-refractivity contribution in [3.8, 4) is 6.07 Å². The molecule has 1 N–H and O–H groups in total. The van der Waals surface area contributed by atoms with Gasteiger partial charge in [-0.15, -0.1) is 0 Å². The van der Waals surface area contributed by atoms with E-state index >= 15 is 0 Å². The Balaban J connectivity index is 2.19. The Morgan fingerprint density at radius 2 is 2.06 bits per heavy atom. The molecule has 0 atom stereocenters. The third-order valence-corrected chi connectivity index (χ3v) is 2.75. The van der Waals surface area contributed by atoms with Gasteiger partial charge in [0, 0.05) is 6.54 Å². The van der Waals surface area contributed by atoms with Gasteiger partial charge in [0.1, 0.15) is 6.07 Å². The Kier molecular flexibility index (Phi) is 2.97.